The van der Waals surface area contributed by atoms with Crippen LogP contribution in [0.25, 0.3) is 0 Å². The Morgan fingerprint density at radius 3 is 2.77 bits per heavy atom. The first-order valence-corrected chi connectivity index (χ1v) is 8.14. The number of fused-ring (bicyclic) bond motifs is 1. The molecule has 2 atom stereocenters. The molecule has 1 aromatic rings. The summed E-state index contributed by atoms with van der Waals surface area (Å²) in [5, 5.41) is 9.21. The number of amides is 1. The van der Waals surface area contributed by atoms with Gasteiger partial charge in [-0.1, -0.05) is 25.1 Å². The van der Waals surface area contributed by atoms with Crippen molar-refractivity contribution >= 4 is 11.9 Å². The number of carboxylic acid groups (broad SMARTS) is 1. The lowest BCUT2D eigenvalue weighted by atomic mass is 9.90. The summed E-state index contributed by atoms with van der Waals surface area (Å²) in [6.45, 7) is 3.04. The van der Waals surface area contributed by atoms with Crippen LogP contribution in [0.15, 0.2) is 18.2 Å². The first-order valence-electron chi connectivity index (χ1n) is 8.14. The molecule has 1 heterocycles. The topological polar surface area (TPSA) is 57.6 Å². The van der Waals surface area contributed by atoms with Gasteiger partial charge in [-0.3, -0.25) is 9.59 Å². The van der Waals surface area contributed by atoms with E-state index in [1.54, 1.807) is 4.90 Å². The molecule has 3 rings (SSSR count). The number of benzene rings is 1. The molecule has 0 aromatic heterocycles. The van der Waals surface area contributed by atoms with Gasteiger partial charge in [0, 0.05) is 13.1 Å². The van der Waals surface area contributed by atoms with Crippen molar-refractivity contribution in [2.24, 2.45) is 11.8 Å². The molecule has 0 spiro atoms. The minimum absolute atomic E-state index is 0.0516. The number of likely N-dealkylation sites (tertiary alicyclic amines) is 1. The van der Waals surface area contributed by atoms with Gasteiger partial charge in [-0.2, -0.15) is 0 Å². The monoisotopic (exact) mass is 301 g/mol. The molecule has 2 aliphatic rings. The molecule has 2 unspecified atom stereocenters. The van der Waals surface area contributed by atoms with Crippen molar-refractivity contribution in [2.75, 3.05) is 13.1 Å². The fraction of sp³-hybridized carbons (Fsp3) is 0.556. The molecule has 1 aliphatic heterocycles. The van der Waals surface area contributed by atoms with E-state index in [-0.39, 0.29) is 11.8 Å². The highest BCUT2D eigenvalue weighted by molar-refractivity contribution is 5.80. The number of hydrogen-bond acceptors (Lipinski definition) is 2. The van der Waals surface area contributed by atoms with E-state index in [9.17, 15) is 14.7 Å². The highest BCUT2D eigenvalue weighted by Crippen LogP contribution is 2.25. The molecule has 118 valence electrons. The number of nitrogens with zero attached hydrogens (tertiary/aromatic N) is 1. The summed E-state index contributed by atoms with van der Waals surface area (Å²) in [7, 11) is 0. The van der Waals surface area contributed by atoms with Crippen LogP contribution in [-0.2, 0) is 28.9 Å². The lowest BCUT2D eigenvalue weighted by Gasteiger charge is -2.34. The second-order valence-corrected chi connectivity index (χ2v) is 6.81. The van der Waals surface area contributed by atoms with E-state index in [0.29, 0.717) is 25.9 Å². The average Bonchev–Trinajstić information content (AvgIpc) is 2.94. The number of carboxylic acids is 1. The number of hydrogen-bond donors (Lipinski definition) is 1. The summed E-state index contributed by atoms with van der Waals surface area (Å²) in [5.41, 5.74) is 3.84. The van der Waals surface area contributed by atoms with Gasteiger partial charge in [-0.15, -0.1) is 0 Å². The maximum atomic E-state index is 12.5. The number of rotatable bonds is 3. The summed E-state index contributed by atoms with van der Waals surface area (Å²) in [4.78, 5) is 25.5. The SMILES string of the molecule is CC1CC(C(=O)O)CN(C(=O)Cc2ccc3c(c2)CCC3)C1. The molecule has 1 aromatic carbocycles. The summed E-state index contributed by atoms with van der Waals surface area (Å²) < 4.78 is 0. The van der Waals surface area contributed by atoms with Crippen LogP contribution in [0.3, 0.4) is 0 Å². The van der Waals surface area contributed by atoms with Crippen molar-refractivity contribution in [3.8, 4) is 0 Å². The average molecular weight is 301 g/mol. The van der Waals surface area contributed by atoms with E-state index in [0.717, 1.165) is 18.4 Å². The summed E-state index contributed by atoms with van der Waals surface area (Å²) >= 11 is 0. The quantitative estimate of drug-likeness (QED) is 0.932. The van der Waals surface area contributed by atoms with Crippen LogP contribution in [0, 0.1) is 11.8 Å². The Bertz CT molecular complexity index is 596. The first-order chi connectivity index (χ1) is 10.5. The lowest BCUT2D eigenvalue weighted by Crippen LogP contribution is -2.46. The minimum atomic E-state index is -0.790. The largest absolute Gasteiger partial charge is 0.481 e. The molecule has 0 radical (unpaired) electrons. The Hall–Kier alpha value is -1.84. The van der Waals surface area contributed by atoms with Crippen molar-refractivity contribution in [2.45, 2.75) is 39.0 Å². The predicted molar refractivity (Wildman–Crippen MR) is 83.7 cm³/mol. The standard InChI is InChI=1S/C18H23NO3/c1-12-7-16(18(21)22)11-19(10-12)17(20)9-13-5-6-14-3-2-4-15(14)8-13/h5-6,8,12,16H,2-4,7,9-11H2,1H3,(H,21,22). The van der Waals surface area contributed by atoms with Gasteiger partial charge in [0.1, 0.15) is 0 Å². The summed E-state index contributed by atoms with van der Waals surface area (Å²) in [6.07, 6.45) is 4.51. The predicted octanol–water partition coefficient (Wildman–Crippen LogP) is 2.29. The second-order valence-electron chi connectivity index (χ2n) is 6.81. The van der Waals surface area contributed by atoms with E-state index in [4.69, 9.17) is 0 Å². The Kier molecular flexibility index (Phi) is 4.19. The fourth-order valence-electron chi connectivity index (χ4n) is 3.76. The van der Waals surface area contributed by atoms with Crippen LogP contribution in [0.5, 0.6) is 0 Å². The molecule has 4 heteroatoms. The minimum Gasteiger partial charge on any atom is -0.481 e. The van der Waals surface area contributed by atoms with Gasteiger partial charge < -0.3 is 10.0 Å². The third kappa shape index (κ3) is 3.16. The van der Waals surface area contributed by atoms with Crippen molar-refractivity contribution in [1.29, 1.82) is 0 Å². The van der Waals surface area contributed by atoms with Crippen LogP contribution in [0.4, 0.5) is 0 Å². The second kappa shape index (κ2) is 6.11. The maximum absolute atomic E-state index is 12.5. The number of carbonyl (C=O) groups excluding carboxylic acids is 1. The van der Waals surface area contributed by atoms with Gasteiger partial charge in [0.2, 0.25) is 5.91 Å². The van der Waals surface area contributed by atoms with Gasteiger partial charge in [-0.25, -0.2) is 0 Å². The molecule has 1 saturated heterocycles. The molecule has 4 nitrogen and oxygen atoms in total. The Morgan fingerprint density at radius 1 is 1.23 bits per heavy atom. The number of carbonyl (C=O) groups is 2. The lowest BCUT2D eigenvalue weighted by molar-refractivity contribution is -0.146. The van der Waals surface area contributed by atoms with E-state index < -0.39 is 11.9 Å². The van der Waals surface area contributed by atoms with Crippen molar-refractivity contribution in [1.82, 2.24) is 4.90 Å². The van der Waals surface area contributed by atoms with Gasteiger partial charge in [0.15, 0.2) is 0 Å². The highest BCUT2D eigenvalue weighted by atomic mass is 16.4. The van der Waals surface area contributed by atoms with Crippen LogP contribution < -0.4 is 0 Å². The molecule has 22 heavy (non-hydrogen) atoms. The van der Waals surface area contributed by atoms with Gasteiger partial charge in [-0.05, 0) is 48.3 Å². The zero-order valence-electron chi connectivity index (χ0n) is 13.0. The molecular weight excluding hydrogens is 278 g/mol. The zero-order valence-corrected chi connectivity index (χ0v) is 13.0. The van der Waals surface area contributed by atoms with Crippen molar-refractivity contribution in [3.63, 3.8) is 0 Å². The first kappa shape index (κ1) is 15.1. The molecule has 1 aliphatic carbocycles. The number of piperidine rings is 1. The van der Waals surface area contributed by atoms with E-state index in [2.05, 4.69) is 12.1 Å². The van der Waals surface area contributed by atoms with E-state index in [1.165, 1.54) is 17.5 Å². The van der Waals surface area contributed by atoms with Crippen LogP contribution in [0.1, 0.15) is 36.5 Å². The molecule has 1 fully saturated rings. The molecule has 0 bridgehead atoms. The third-order valence-corrected chi connectivity index (χ3v) is 4.88. The van der Waals surface area contributed by atoms with Crippen LogP contribution in [0.2, 0.25) is 0 Å². The van der Waals surface area contributed by atoms with Gasteiger partial charge in [0.25, 0.3) is 0 Å². The van der Waals surface area contributed by atoms with E-state index in [1.807, 2.05) is 13.0 Å². The number of aryl methyl sites for hydroxylation is 2. The fourth-order valence-corrected chi connectivity index (χ4v) is 3.76. The van der Waals surface area contributed by atoms with Gasteiger partial charge >= 0.3 is 5.97 Å². The Morgan fingerprint density at radius 2 is 2.00 bits per heavy atom. The molecule has 1 amide bonds. The maximum Gasteiger partial charge on any atom is 0.308 e. The van der Waals surface area contributed by atoms with Gasteiger partial charge in [0.05, 0.1) is 12.3 Å². The van der Waals surface area contributed by atoms with Crippen LogP contribution in [-0.4, -0.2) is 35.0 Å². The van der Waals surface area contributed by atoms with Crippen molar-refractivity contribution in [3.05, 3.63) is 34.9 Å². The molecule has 0 saturated carbocycles. The van der Waals surface area contributed by atoms with Crippen LogP contribution >= 0.6 is 0 Å². The van der Waals surface area contributed by atoms with Crippen molar-refractivity contribution < 1.29 is 14.7 Å². The Labute approximate surface area is 131 Å². The molecule has 1 N–H and O–H groups in total. The summed E-state index contributed by atoms with van der Waals surface area (Å²) in [6, 6.07) is 6.34. The highest BCUT2D eigenvalue weighted by Gasteiger charge is 2.31. The summed E-state index contributed by atoms with van der Waals surface area (Å²) in [5.74, 6) is -0.913. The zero-order chi connectivity index (χ0) is 15.7. The molecular formula is C18H23NO3. The normalized spacial score (nSPS) is 24.1. The van der Waals surface area contributed by atoms with E-state index >= 15 is 0 Å². The third-order valence-electron chi connectivity index (χ3n) is 4.88. The smallest absolute Gasteiger partial charge is 0.308 e. The Balaban J connectivity index is 1.67. The number of aliphatic carboxylic acids is 1.